The molecule has 0 radical (unpaired) electrons. The molecule has 6 rings (SSSR count). The summed E-state index contributed by atoms with van der Waals surface area (Å²) < 4.78 is 160. The first-order chi connectivity index (χ1) is 33.2. The van der Waals surface area contributed by atoms with E-state index in [1.54, 1.807) is 77.9 Å². The smallest absolute Gasteiger partial charge is 0.416 e. The number of hydrogen-bond donors (Lipinski definition) is 2. The topological polar surface area (TPSA) is 163 Å². The van der Waals surface area contributed by atoms with Gasteiger partial charge >= 0.3 is 24.3 Å². The molecule has 0 bridgehead atoms. The molecule has 0 amide bonds. The average molecular weight is 1120 g/mol. The monoisotopic (exact) mass is 1120 g/mol. The van der Waals surface area contributed by atoms with Gasteiger partial charge in [-0.15, -0.1) is 0 Å². The summed E-state index contributed by atoms with van der Waals surface area (Å²) in [5, 5.41) is 0. The SMILES string of the molecule is C=C(C)c1cc(C(F)(F)F)cc(S(=O)(=O)NC2CCCCc3c(OCC(=O)OC(C)(C)C)cccc32)c1.CC(C)(C)OC(=O)COc1cccc2c1CCCCC2NS(=O)(=O)c1cc(Br)cc(C(F)(F)F)c1. The van der Waals surface area contributed by atoms with Crippen molar-refractivity contribution in [3.8, 4) is 11.5 Å². The minimum atomic E-state index is -4.72. The summed E-state index contributed by atoms with van der Waals surface area (Å²) in [7, 11) is -8.60. The zero-order valence-corrected chi connectivity index (χ0v) is 44.1. The van der Waals surface area contributed by atoms with Crippen molar-refractivity contribution in [2.75, 3.05) is 13.2 Å². The molecular formula is C51H59BrF6N2O10S2. The number of allylic oxidation sites excluding steroid dienone is 1. The molecule has 0 aliphatic heterocycles. The lowest BCUT2D eigenvalue weighted by atomic mass is 9.99. The number of ether oxygens (including phenoxy) is 4. The van der Waals surface area contributed by atoms with Crippen LogP contribution >= 0.6 is 15.9 Å². The number of nitrogens with one attached hydrogen (secondary N) is 2. The van der Waals surface area contributed by atoms with Crippen molar-refractivity contribution in [1.29, 1.82) is 0 Å². The standard InChI is InChI=1S/C27H32F3NO5S.C24H27BrF3NO5S/c1-17(2)18-13-19(27(28,29)30)15-20(14-18)37(33,34)31-23-11-7-6-9-22-21(23)10-8-12-24(22)35-16-25(32)36-26(3,4)5;1-23(2,3)34-22(30)14-33-21-10-6-8-18-19(21)7-4-5-9-20(18)29-35(31,32)17-12-15(24(26,27)28)11-16(25)13-17/h8,10,12-15,23,31H,1,6-7,9,11,16H2,2-5H3;6,8,10-13,20,29H,4-5,7,9,14H2,1-3H3. The number of halogens is 7. The summed E-state index contributed by atoms with van der Waals surface area (Å²) in [5.41, 5.74) is -0.203. The third-order valence-electron chi connectivity index (χ3n) is 11.1. The van der Waals surface area contributed by atoms with Crippen LogP contribution in [0.1, 0.15) is 138 Å². The molecule has 0 fully saturated rings. The van der Waals surface area contributed by atoms with E-state index < -0.39 is 88.5 Å². The van der Waals surface area contributed by atoms with E-state index in [1.165, 1.54) is 13.0 Å². The largest absolute Gasteiger partial charge is 0.482 e. The second-order valence-corrected chi connectivity index (χ2v) is 23.8. The molecule has 72 heavy (non-hydrogen) atoms. The molecule has 2 aliphatic carbocycles. The maximum Gasteiger partial charge on any atom is 0.416 e. The fourth-order valence-electron chi connectivity index (χ4n) is 8.05. The van der Waals surface area contributed by atoms with E-state index in [4.69, 9.17) is 18.9 Å². The molecule has 12 nitrogen and oxygen atoms in total. The predicted octanol–water partition coefficient (Wildman–Crippen LogP) is 12.1. The average Bonchev–Trinajstić information content (AvgIpc) is 3.59. The fraction of sp³-hybridized carbons (Fsp3) is 0.451. The Morgan fingerprint density at radius 2 is 1.03 bits per heavy atom. The fourth-order valence-corrected chi connectivity index (χ4v) is 11.3. The molecule has 0 saturated carbocycles. The zero-order chi connectivity index (χ0) is 53.6. The lowest BCUT2D eigenvalue weighted by molar-refractivity contribution is -0.158. The molecule has 0 saturated heterocycles. The number of carbonyl (C=O) groups excluding carboxylic acids is 2. The van der Waals surface area contributed by atoms with Gasteiger partial charge in [0.15, 0.2) is 13.2 Å². The first-order valence-corrected chi connectivity index (χ1v) is 26.7. The van der Waals surface area contributed by atoms with E-state index in [2.05, 4.69) is 32.0 Å². The number of esters is 2. The molecule has 0 spiro atoms. The number of hydrogen-bond acceptors (Lipinski definition) is 10. The Bertz CT molecular complexity index is 2860. The maximum atomic E-state index is 13.5. The Hall–Kier alpha value is -4.96. The predicted molar refractivity (Wildman–Crippen MR) is 262 cm³/mol. The van der Waals surface area contributed by atoms with E-state index in [1.807, 2.05) is 0 Å². The molecular weight excluding hydrogens is 1060 g/mol. The van der Waals surface area contributed by atoms with E-state index in [0.29, 0.717) is 78.9 Å². The minimum absolute atomic E-state index is 0.00629. The van der Waals surface area contributed by atoms with E-state index in [-0.39, 0.29) is 23.2 Å². The van der Waals surface area contributed by atoms with Gasteiger partial charge in [0.05, 0.1) is 20.9 Å². The number of sulfonamides is 2. The van der Waals surface area contributed by atoms with Crippen molar-refractivity contribution >= 4 is 53.5 Å². The van der Waals surface area contributed by atoms with Crippen LogP contribution in [-0.4, -0.2) is 53.2 Å². The van der Waals surface area contributed by atoms with E-state index in [0.717, 1.165) is 42.2 Å². The van der Waals surface area contributed by atoms with Crippen LogP contribution in [-0.2, 0) is 64.3 Å². The summed E-state index contributed by atoms with van der Waals surface area (Å²) >= 11 is 2.97. The highest BCUT2D eigenvalue weighted by Gasteiger charge is 2.36. The van der Waals surface area contributed by atoms with Crippen LogP contribution in [0.5, 0.6) is 11.5 Å². The van der Waals surface area contributed by atoms with Gasteiger partial charge in [-0.25, -0.2) is 35.9 Å². The van der Waals surface area contributed by atoms with Crippen molar-refractivity contribution in [1.82, 2.24) is 9.44 Å². The molecule has 4 aromatic rings. The Balaban J connectivity index is 0.000000268. The van der Waals surface area contributed by atoms with Crippen LogP contribution < -0.4 is 18.9 Å². The van der Waals surface area contributed by atoms with Crippen LogP contribution in [0.2, 0.25) is 0 Å². The molecule has 2 N–H and O–H groups in total. The van der Waals surface area contributed by atoms with Crippen LogP contribution in [0.15, 0.2) is 93.6 Å². The second-order valence-electron chi connectivity index (χ2n) is 19.4. The lowest BCUT2D eigenvalue weighted by Gasteiger charge is -2.22. The van der Waals surface area contributed by atoms with Gasteiger partial charge in [-0.2, -0.15) is 26.3 Å². The number of rotatable bonds is 13. The molecule has 2 atom stereocenters. The Kier molecular flexibility index (Phi) is 18.6. The first kappa shape index (κ1) is 57.9. The summed E-state index contributed by atoms with van der Waals surface area (Å²) in [5.74, 6) is -0.177. The molecule has 394 valence electrons. The van der Waals surface area contributed by atoms with Crippen molar-refractivity contribution in [2.45, 2.75) is 145 Å². The highest BCUT2D eigenvalue weighted by molar-refractivity contribution is 9.10. The van der Waals surface area contributed by atoms with Gasteiger partial charge in [0.2, 0.25) is 20.0 Å². The van der Waals surface area contributed by atoms with Gasteiger partial charge in [0.1, 0.15) is 22.7 Å². The molecule has 4 aromatic carbocycles. The first-order valence-electron chi connectivity index (χ1n) is 23.0. The Morgan fingerprint density at radius 3 is 1.42 bits per heavy atom. The second kappa shape index (κ2) is 23.1. The Labute approximate surface area is 425 Å². The molecule has 0 heterocycles. The number of alkyl halides is 6. The van der Waals surface area contributed by atoms with Gasteiger partial charge in [-0.1, -0.05) is 65.2 Å². The van der Waals surface area contributed by atoms with Gasteiger partial charge < -0.3 is 18.9 Å². The molecule has 2 unspecified atom stereocenters. The van der Waals surface area contributed by atoms with Gasteiger partial charge in [-0.3, -0.25) is 0 Å². The highest BCUT2D eigenvalue weighted by Crippen LogP contribution is 2.39. The van der Waals surface area contributed by atoms with Crippen molar-refractivity contribution in [3.63, 3.8) is 0 Å². The molecule has 0 aromatic heterocycles. The normalized spacial score (nSPS) is 16.6. The number of carbonyl (C=O) groups is 2. The summed E-state index contributed by atoms with van der Waals surface area (Å²) in [4.78, 5) is 23.2. The van der Waals surface area contributed by atoms with Gasteiger partial charge in [0.25, 0.3) is 0 Å². The number of benzene rings is 4. The maximum absolute atomic E-state index is 13.5. The van der Waals surface area contributed by atoms with Crippen LogP contribution in [0.3, 0.4) is 0 Å². The third-order valence-corrected chi connectivity index (χ3v) is 14.5. The summed E-state index contributed by atoms with van der Waals surface area (Å²) in [6.07, 6.45) is -4.40. The van der Waals surface area contributed by atoms with Crippen molar-refractivity contribution in [3.05, 3.63) is 123 Å². The number of fused-ring (bicyclic) bond motifs is 2. The summed E-state index contributed by atoms with van der Waals surface area (Å²) in [6.45, 7) is 15.1. The van der Waals surface area contributed by atoms with Gasteiger partial charge in [0, 0.05) is 16.6 Å². The van der Waals surface area contributed by atoms with Crippen molar-refractivity contribution in [2.24, 2.45) is 0 Å². The van der Waals surface area contributed by atoms with Crippen molar-refractivity contribution < 1.29 is 71.7 Å². The molecule has 21 heteroatoms. The van der Waals surface area contributed by atoms with E-state index >= 15 is 0 Å². The quantitative estimate of drug-likeness (QED) is 0.0748. The Morgan fingerprint density at radius 1 is 0.625 bits per heavy atom. The van der Waals surface area contributed by atoms with Crippen LogP contribution in [0, 0.1) is 0 Å². The zero-order valence-electron chi connectivity index (χ0n) is 40.9. The van der Waals surface area contributed by atoms with Gasteiger partial charge in [-0.05, 0) is 163 Å². The van der Waals surface area contributed by atoms with Crippen LogP contribution in [0.4, 0.5) is 26.3 Å². The van der Waals surface area contributed by atoms with E-state index in [9.17, 15) is 52.8 Å². The molecule has 2 aliphatic rings. The highest BCUT2D eigenvalue weighted by atomic mass is 79.9. The summed E-state index contributed by atoms with van der Waals surface area (Å²) in [6, 6.07) is 14.2. The van der Waals surface area contributed by atoms with Crippen LogP contribution in [0.25, 0.3) is 5.57 Å². The third kappa shape index (κ3) is 16.5. The minimum Gasteiger partial charge on any atom is -0.482 e. The lowest BCUT2D eigenvalue weighted by Crippen LogP contribution is -2.29.